The minimum atomic E-state index is -0.514. The number of nitrogens with zero attached hydrogens (tertiary/aromatic N) is 2. The molecule has 2 aliphatic rings. The second-order valence-electron chi connectivity index (χ2n) is 7.21. The molecule has 0 saturated carbocycles. The van der Waals surface area contributed by atoms with E-state index in [0.717, 1.165) is 35.9 Å². The summed E-state index contributed by atoms with van der Waals surface area (Å²) in [5, 5.41) is -0.473. The number of thioether (sulfide) groups is 1. The summed E-state index contributed by atoms with van der Waals surface area (Å²) in [5.41, 5.74) is 0.581. The fourth-order valence-corrected chi connectivity index (χ4v) is 4.24. The van der Waals surface area contributed by atoms with E-state index >= 15 is 0 Å². The quantitative estimate of drug-likeness (QED) is 0.429. The van der Waals surface area contributed by atoms with Crippen molar-refractivity contribution >= 4 is 40.9 Å². The topological polar surface area (TPSA) is 102 Å². The summed E-state index contributed by atoms with van der Waals surface area (Å²) in [6.07, 6.45) is 4.51. The van der Waals surface area contributed by atoms with Crippen molar-refractivity contribution in [2.75, 3.05) is 40.0 Å². The van der Waals surface area contributed by atoms with Crippen molar-refractivity contribution in [2.45, 2.75) is 26.2 Å². The van der Waals surface area contributed by atoms with Crippen LogP contribution in [0.4, 0.5) is 4.79 Å². The van der Waals surface area contributed by atoms with E-state index in [1.54, 1.807) is 36.1 Å². The maximum atomic E-state index is 12.8. The largest absolute Gasteiger partial charge is 0.493 e. The third kappa shape index (κ3) is 5.82. The van der Waals surface area contributed by atoms with Crippen LogP contribution in [0, 0.1) is 0 Å². The maximum Gasteiger partial charge on any atom is 0.344 e. The molecular formula is C22H26N2O7S. The van der Waals surface area contributed by atoms with Crippen LogP contribution in [-0.2, 0) is 19.1 Å². The SMILES string of the molecule is CCOC(=O)COc1cc(/C=C2\SC(=O)N(CC(=O)N3CCCCC3)C2=O)ccc1OC. The van der Waals surface area contributed by atoms with Gasteiger partial charge < -0.3 is 19.1 Å². The molecule has 9 nitrogen and oxygen atoms in total. The van der Waals surface area contributed by atoms with E-state index in [-0.39, 0.29) is 30.6 Å². The molecule has 1 aromatic rings. The van der Waals surface area contributed by atoms with Crippen LogP contribution in [0.15, 0.2) is 23.1 Å². The highest BCUT2D eigenvalue weighted by Crippen LogP contribution is 2.34. The Morgan fingerprint density at radius 1 is 1.12 bits per heavy atom. The van der Waals surface area contributed by atoms with E-state index in [1.807, 2.05) is 0 Å². The van der Waals surface area contributed by atoms with E-state index in [4.69, 9.17) is 14.2 Å². The van der Waals surface area contributed by atoms with Crippen LogP contribution in [0.2, 0.25) is 0 Å². The second-order valence-corrected chi connectivity index (χ2v) is 8.21. The van der Waals surface area contributed by atoms with Gasteiger partial charge in [-0.1, -0.05) is 6.07 Å². The molecule has 2 saturated heterocycles. The molecule has 0 aliphatic carbocycles. The molecule has 172 valence electrons. The monoisotopic (exact) mass is 462 g/mol. The van der Waals surface area contributed by atoms with Crippen molar-refractivity contribution in [3.63, 3.8) is 0 Å². The number of rotatable bonds is 8. The van der Waals surface area contributed by atoms with E-state index in [0.29, 0.717) is 30.2 Å². The van der Waals surface area contributed by atoms with Gasteiger partial charge in [-0.15, -0.1) is 0 Å². The van der Waals surface area contributed by atoms with Crippen LogP contribution in [0.5, 0.6) is 11.5 Å². The predicted octanol–water partition coefficient (Wildman–Crippen LogP) is 2.69. The first-order valence-electron chi connectivity index (χ1n) is 10.4. The third-order valence-corrected chi connectivity index (χ3v) is 5.92. The Hall–Kier alpha value is -3.01. The lowest BCUT2D eigenvalue weighted by molar-refractivity contribution is -0.145. The van der Waals surface area contributed by atoms with Gasteiger partial charge in [0.05, 0.1) is 18.6 Å². The number of benzene rings is 1. The van der Waals surface area contributed by atoms with Gasteiger partial charge in [0.15, 0.2) is 18.1 Å². The molecule has 3 rings (SSSR count). The summed E-state index contributed by atoms with van der Waals surface area (Å²) in [4.78, 5) is 52.1. The molecular weight excluding hydrogens is 436 g/mol. The number of methoxy groups -OCH3 is 1. The number of carbonyl (C=O) groups is 4. The zero-order valence-electron chi connectivity index (χ0n) is 18.1. The number of imide groups is 1. The number of hydrogen-bond donors (Lipinski definition) is 0. The lowest BCUT2D eigenvalue weighted by Crippen LogP contribution is -2.44. The van der Waals surface area contributed by atoms with Crippen LogP contribution in [0.3, 0.4) is 0 Å². The number of ether oxygens (including phenoxy) is 3. The van der Waals surface area contributed by atoms with Gasteiger partial charge in [0, 0.05) is 13.1 Å². The summed E-state index contributed by atoms with van der Waals surface area (Å²) in [7, 11) is 1.47. The van der Waals surface area contributed by atoms with Crippen LogP contribution in [0.25, 0.3) is 6.08 Å². The fourth-order valence-electron chi connectivity index (χ4n) is 3.40. The highest BCUT2D eigenvalue weighted by atomic mass is 32.2. The van der Waals surface area contributed by atoms with Gasteiger partial charge in [-0.2, -0.15) is 0 Å². The van der Waals surface area contributed by atoms with Crippen molar-refractivity contribution in [1.82, 2.24) is 9.80 Å². The Kier molecular flexibility index (Phi) is 8.15. The van der Waals surface area contributed by atoms with Gasteiger partial charge >= 0.3 is 5.97 Å². The zero-order valence-corrected chi connectivity index (χ0v) is 18.9. The lowest BCUT2D eigenvalue weighted by Gasteiger charge is -2.27. The average molecular weight is 463 g/mol. The van der Waals surface area contributed by atoms with Crippen LogP contribution in [0.1, 0.15) is 31.7 Å². The summed E-state index contributed by atoms with van der Waals surface area (Å²) in [5.74, 6) is -0.526. The number of carbonyl (C=O) groups excluding carboxylic acids is 4. The first-order chi connectivity index (χ1) is 15.4. The highest BCUT2D eigenvalue weighted by molar-refractivity contribution is 8.18. The number of hydrogen-bond acceptors (Lipinski definition) is 8. The Morgan fingerprint density at radius 2 is 1.88 bits per heavy atom. The van der Waals surface area contributed by atoms with Crippen molar-refractivity contribution in [1.29, 1.82) is 0 Å². The molecule has 0 bridgehead atoms. The van der Waals surface area contributed by atoms with Gasteiger partial charge in [0.1, 0.15) is 6.54 Å². The van der Waals surface area contributed by atoms with Gasteiger partial charge in [-0.05, 0) is 61.7 Å². The predicted molar refractivity (Wildman–Crippen MR) is 118 cm³/mol. The Labute approximate surface area is 190 Å². The molecule has 32 heavy (non-hydrogen) atoms. The third-order valence-electron chi connectivity index (χ3n) is 5.01. The van der Waals surface area contributed by atoms with E-state index < -0.39 is 17.1 Å². The van der Waals surface area contributed by atoms with Crippen LogP contribution >= 0.6 is 11.8 Å². The van der Waals surface area contributed by atoms with E-state index in [9.17, 15) is 19.2 Å². The molecule has 10 heteroatoms. The van der Waals surface area contributed by atoms with Gasteiger partial charge in [0.25, 0.3) is 11.1 Å². The highest BCUT2D eigenvalue weighted by Gasteiger charge is 2.37. The minimum Gasteiger partial charge on any atom is -0.493 e. The molecule has 1 aromatic carbocycles. The first kappa shape index (κ1) is 23.6. The Bertz CT molecular complexity index is 925. The molecule has 0 aromatic heterocycles. The standard InChI is InChI=1S/C22H26N2O7S/c1-3-30-20(26)14-31-17-11-15(7-8-16(17)29-2)12-18-21(27)24(22(28)32-18)13-19(25)23-9-5-4-6-10-23/h7-8,11-12H,3-6,9-10,13-14H2,1-2H3/b18-12-. The van der Waals surface area contributed by atoms with Crippen molar-refractivity contribution in [3.8, 4) is 11.5 Å². The van der Waals surface area contributed by atoms with E-state index in [1.165, 1.54) is 7.11 Å². The van der Waals surface area contributed by atoms with Gasteiger partial charge in [-0.3, -0.25) is 19.3 Å². The van der Waals surface area contributed by atoms with Crippen molar-refractivity contribution < 1.29 is 33.4 Å². The molecule has 2 aliphatic heterocycles. The molecule has 0 spiro atoms. The molecule has 0 radical (unpaired) electrons. The number of piperidine rings is 1. The number of likely N-dealkylation sites (tertiary alicyclic amines) is 1. The van der Waals surface area contributed by atoms with Gasteiger partial charge in [-0.25, -0.2) is 4.79 Å². The van der Waals surface area contributed by atoms with Crippen LogP contribution in [-0.4, -0.2) is 72.8 Å². The molecule has 2 fully saturated rings. The summed E-state index contributed by atoms with van der Waals surface area (Å²) in [6, 6.07) is 4.93. The van der Waals surface area contributed by atoms with E-state index in [2.05, 4.69) is 0 Å². The number of esters is 1. The second kappa shape index (κ2) is 11.0. The normalized spacial score (nSPS) is 17.6. The van der Waals surface area contributed by atoms with Crippen molar-refractivity contribution in [2.24, 2.45) is 0 Å². The zero-order chi connectivity index (χ0) is 23.1. The van der Waals surface area contributed by atoms with Crippen LogP contribution < -0.4 is 9.47 Å². The smallest absolute Gasteiger partial charge is 0.344 e. The van der Waals surface area contributed by atoms with Crippen molar-refractivity contribution in [3.05, 3.63) is 28.7 Å². The summed E-state index contributed by atoms with van der Waals surface area (Å²) < 4.78 is 15.6. The average Bonchev–Trinajstić information content (AvgIpc) is 3.05. The lowest BCUT2D eigenvalue weighted by atomic mass is 10.1. The molecule has 3 amide bonds. The number of amides is 3. The Morgan fingerprint density at radius 3 is 2.56 bits per heavy atom. The molecule has 0 N–H and O–H groups in total. The first-order valence-corrected chi connectivity index (χ1v) is 11.2. The maximum absolute atomic E-state index is 12.8. The molecule has 0 unspecified atom stereocenters. The summed E-state index contributed by atoms with van der Waals surface area (Å²) in [6.45, 7) is 2.72. The fraction of sp³-hybridized carbons (Fsp3) is 0.455. The molecule has 0 atom stereocenters. The minimum absolute atomic E-state index is 0.211. The van der Waals surface area contributed by atoms with Gasteiger partial charge in [0.2, 0.25) is 5.91 Å². The molecule has 2 heterocycles. The Balaban J connectivity index is 1.71. The summed E-state index contributed by atoms with van der Waals surface area (Å²) >= 11 is 0.788.